The van der Waals surface area contributed by atoms with Crippen LogP contribution in [0.1, 0.15) is 109 Å². The van der Waals surface area contributed by atoms with Crippen LogP contribution < -0.4 is 0 Å². The second-order valence-corrected chi connectivity index (χ2v) is 16.6. The van der Waals surface area contributed by atoms with Crippen LogP contribution in [0.15, 0.2) is 11.3 Å². The second-order valence-electron chi connectivity index (χ2n) is 16.6. The number of hydrogen-bond acceptors (Lipinski definition) is 13. The number of cyclic esters (lactones) is 1. The Hall–Kier alpha value is -1.39. The van der Waals surface area contributed by atoms with Crippen molar-refractivity contribution >= 4 is 5.97 Å². The van der Waals surface area contributed by atoms with E-state index in [9.17, 15) is 25.2 Å². The van der Waals surface area contributed by atoms with Gasteiger partial charge in [-0.1, -0.05) is 34.6 Å². The molecule has 4 aliphatic heterocycles. The van der Waals surface area contributed by atoms with Crippen molar-refractivity contribution < 1.29 is 58.4 Å². The molecule has 2 bridgehead atoms. The number of methoxy groups -OCH3 is 1. The van der Waals surface area contributed by atoms with Crippen molar-refractivity contribution in [2.45, 2.75) is 193 Å². The fourth-order valence-electron chi connectivity index (χ4n) is 9.27. The van der Waals surface area contributed by atoms with Crippen LogP contribution in [0, 0.1) is 17.8 Å². The highest BCUT2D eigenvalue weighted by Gasteiger charge is 2.57. The largest absolute Gasteiger partial charge is 0.488 e. The zero-order chi connectivity index (χ0) is 39.1. The summed E-state index contributed by atoms with van der Waals surface area (Å²) in [6.07, 6.45) is -7.21. The van der Waals surface area contributed by atoms with Crippen molar-refractivity contribution in [1.29, 1.82) is 0 Å². The average molecular weight is 744 g/mol. The Labute approximate surface area is 311 Å². The van der Waals surface area contributed by atoms with E-state index in [-0.39, 0.29) is 25.0 Å². The average Bonchev–Trinajstić information content (AvgIpc) is 3.41. The summed E-state index contributed by atoms with van der Waals surface area (Å²) < 4.78 is 45.2. The maximum absolute atomic E-state index is 14.3. The SMILES string of the molecule is CC[C@H](O)[C@@](C)(O)[C@@H]1OC(=O)[C@H](C)[C@@H](O[C@H]2C[C@@](C)(OC)[C@@H](O)[C@H](C)O2)[C@H](C)[C@@H](O[C@@H]2O[C@H](C)C[C@H](N(CC)CC)[C@H]2O)[C@@]2(C)CC(C)=C(O2)[C@@H]1C. The number of likely N-dealkylation sites (N-methyl/N-ethyl adjacent to an activating group) is 1. The lowest BCUT2D eigenvalue weighted by atomic mass is 9.78. The van der Waals surface area contributed by atoms with Crippen LogP contribution >= 0.6 is 0 Å². The predicted octanol–water partition coefficient (Wildman–Crippen LogP) is 3.67. The maximum Gasteiger partial charge on any atom is 0.311 e. The number of aliphatic hydroxyl groups is 4. The minimum atomic E-state index is -1.82. The first-order chi connectivity index (χ1) is 24.2. The van der Waals surface area contributed by atoms with E-state index in [0.717, 1.165) is 18.7 Å². The Morgan fingerprint density at radius 1 is 1.02 bits per heavy atom. The standard InChI is InChI=1S/C39H69NO12/c1-14-27(41)39(12,45)34-22(6)30-20(4)18-38(11,52-30)33(51-36-29(42)26(17-21(5)47-36)40(15-2)16-3)23(7)31(24(8)35(44)50-34)49-28-19-37(10,46-13)32(43)25(9)48-28/h21-29,31-34,36,41-43,45H,14-19H2,1-13H3/t21-,22+,23+,24-,25+,26+,27+,28+,29-,31+,32+,33-,34-,36+,37-,38-,39-/m1/s1. The summed E-state index contributed by atoms with van der Waals surface area (Å²) >= 11 is 0. The molecule has 4 N–H and O–H groups in total. The van der Waals surface area contributed by atoms with Gasteiger partial charge in [0.05, 0.1) is 41.9 Å². The molecule has 0 aromatic carbocycles. The van der Waals surface area contributed by atoms with E-state index in [2.05, 4.69) is 18.7 Å². The number of hydrogen-bond donors (Lipinski definition) is 4. The molecule has 13 heteroatoms. The Balaban J connectivity index is 1.83. The Kier molecular flexibility index (Phi) is 14.0. The normalized spacial score (nSPS) is 45.2. The number of ether oxygens (including phenoxy) is 7. The molecule has 0 unspecified atom stereocenters. The highest BCUT2D eigenvalue weighted by atomic mass is 16.7. The fourth-order valence-corrected chi connectivity index (χ4v) is 9.27. The van der Waals surface area contributed by atoms with Gasteiger partial charge in [-0.25, -0.2) is 0 Å². The van der Waals surface area contributed by atoms with Crippen LogP contribution in [-0.2, 0) is 38.0 Å². The van der Waals surface area contributed by atoms with Crippen LogP contribution in [0.25, 0.3) is 0 Å². The molecule has 4 aliphatic rings. The lowest BCUT2D eigenvalue weighted by molar-refractivity contribution is -0.317. The third-order valence-electron chi connectivity index (χ3n) is 12.5. The lowest BCUT2D eigenvalue weighted by Gasteiger charge is -2.49. The minimum absolute atomic E-state index is 0.175. The molecule has 4 heterocycles. The number of aliphatic hydroxyl groups excluding tert-OH is 3. The van der Waals surface area contributed by atoms with Crippen LogP contribution in [0.3, 0.4) is 0 Å². The summed E-state index contributed by atoms with van der Waals surface area (Å²) in [5.74, 6) is -2.25. The molecule has 13 nitrogen and oxygen atoms in total. The van der Waals surface area contributed by atoms with Crippen LogP contribution in [0.5, 0.6) is 0 Å². The molecule has 0 amide bonds. The first-order valence-electron chi connectivity index (χ1n) is 19.5. The molecule has 3 fully saturated rings. The van der Waals surface area contributed by atoms with Crippen molar-refractivity contribution in [3.63, 3.8) is 0 Å². The molecule has 0 spiro atoms. The molecule has 0 aromatic rings. The van der Waals surface area contributed by atoms with Crippen molar-refractivity contribution in [2.24, 2.45) is 17.8 Å². The van der Waals surface area contributed by atoms with Crippen LogP contribution in [0.4, 0.5) is 0 Å². The van der Waals surface area contributed by atoms with Gasteiger partial charge in [-0.15, -0.1) is 0 Å². The number of rotatable bonds is 11. The highest BCUT2D eigenvalue weighted by Crippen LogP contribution is 2.48. The van der Waals surface area contributed by atoms with Crippen molar-refractivity contribution in [3.8, 4) is 0 Å². The van der Waals surface area contributed by atoms with E-state index in [1.165, 1.54) is 14.0 Å². The third-order valence-corrected chi connectivity index (χ3v) is 12.5. The van der Waals surface area contributed by atoms with Crippen molar-refractivity contribution in [1.82, 2.24) is 4.90 Å². The topological polar surface area (TPSA) is 166 Å². The quantitative estimate of drug-likeness (QED) is 0.227. The first kappa shape index (κ1) is 43.3. The zero-order valence-corrected chi connectivity index (χ0v) is 33.8. The van der Waals surface area contributed by atoms with Gasteiger partial charge in [0.15, 0.2) is 12.6 Å². The molecule has 3 saturated heterocycles. The molecular weight excluding hydrogens is 674 g/mol. The number of carbonyl (C=O) groups excluding carboxylic acids is 1. The zero-order valence-electron chi connectivity index (χ0n) is 33.8. The van der Waals surface area contributed by atoms with E-state index in [1.54, 1.807) is 27.7 Å². The summed E-state index contributed by atoms with van der Waals surface area (Å²) in [6, 6.07) is -0.196. The lowest BCUT2D eigenvalue weighted by Crippen LogP contribution is -2.60. The van der Waals surface area contributed by atoms with Gasteiger partial charge >= 0.3 is 5.97 Å². The van der Waals surface area contributed by atoms with Gasteiger partial charge in [0, 0.05) is 31.9 Å². The van der Waals surface area contributed by atoms with Crippen molar-refractivity contribution in [3.05, 3.63) is 11.3 Å². The van der Waals surface area contributed by atoms with Gasteiger partial charge in [-0.3, -0.25) is 9.69 Å². The van der Waals surface area contributed by atoms with E-state index in [1.807, 2.05) is 34.6 Å². The monoisotopic (exact) mass is 743 g/mol. The first-order valence-corrected chi connectivity index (χ1v) is 19.5. The summed E-state index contributed by atoms with van der Waals surface area (Å²) in [7, 11) is 1.53. The van der Waals surface area contributed by atoms with E-state index >= 15 is 0 Å². The van der Waals surface area contributed by atoms with Crippen LogP contribution in [0.2, 0.25) is 0 Å². The fraction of sp³-hybridized carbons (Fsp3) is 0.923. The summed E-state index contributed by atoms with van der Waals surface area (Å²) in [5.41, 5.74) is -2.95. The van der Waals surface area contributed by atoms with Gasteiger partial charge in [-0.05, 0) is 80.0 Å². The molecule has 302 valence electrons. The predicted molar refractivity (Wildman–Crippen MR) is 193 cm³/mol. The second kappa shape index (κ2) is 16.8. The number of fused-ring (bicyclic) bond motifs is 2. The van der Waals surface area contributed by atoms with Gasteiger partial charge in [-0.2, -0.15) is 0 Å². The summed E-state index contributed by atoms with van der Waals surface area (Å²) in [5, 5.41) is 45.5. The molecule has 17 atom stereocenters. The Bertz CT molecular complexity index is 1240. The van der Waals surface area contributed by atoms with Gasteiger partial charge < -0.3 is 53.6 Å². The highest BCUT2D eigenvalue weighted by molar-refractivity contribution is 5.73. The van der Waals surface area contributed by atoms with E-state index < -0.39 is 95.8 Å². The van der Waals surface area contributed by atoms with Crippen LogP contribution in [-0.4, -0.2) is 136 Å². The van der Waals surface area contributed by atoms with Gasteiger partial charge in [0.25, 0.3) is 0 Å². The number of nitrogens with zero attached hydrogens (tertiary/aromatic N) is 1. The number of carbonyl (C=O) groups is 1. The summed E-state index contributed by atoms with van der Waals surface area (Å²) in [4.78, 5) is 16.5. The van der Waals surface area contributed by atoms with E-state index in [4.69, 9.17) is 33.2 Å². The van der Waals surface area contributed by atoms with E-state index in [0.29, 0.717) is 18.6 Å². The molecule has 0 saturated carbocycles. The Morgan fingerprint density at radius 2 is 1.65 bits per heavy atom. The minimum Gasteiger partial charge on any atom is -0.488 e. The van der Waals surface area contributed by atoms with Gasteiger partial charge in [0.1, 0.15) is 41.4 Å². The Morgan fingerprint density at radius 3 is 2.23 bits per heavy atom. The molecule has 52 heavy (non-hydrogen) atoms. The summed E-state index contributed by atoms with van der Waals surface area (Å²) in [6.45, 7) is 23.7. The van der Waals surface area contributed by atoms with Gasteiger partial charge in [0.2, 0.25) is 0 Å². The molecule has 0 radical (unpaired) electrons. The van der Waals surface area contributed by atoms with Crippen molar-refractivity contribution in [2.75, 3.05) is 20.2 Å². The maximum atomic E-state index is 14.3. The third kappa shape index (κ3) is 8.39. The molecule has 4 rings (SSSR count). The molecule has 0 aliphatic carbocycles. The smallest absolute Gasteiger partial charge is 0.311 e. The number of esters is 1. The molecule has 0 aromatic heterocycles. The molecular formula is C39H69NO12.